The van der Waals surface area contributed by atoms with Crippen LogP contribution in [0.25, 0.3) is 17.0 Å². The molecule has 0 radical (unpaired) electrons. The zero-order chi connectivity index (χ0) is 23.3. The SMILES string of the molecule is Cc1cc(C2=C(OC3CCC(F)(F)CC3)NC=C(S(=O)(=O)N(C)C)C2)c2ccnc-2n1O. The van der Waals surface area contributed by atoms with E-state index in [1.54, 1.807) is 25.3 Å². The van der Waals surface area contributed by atoms with Gasteiger partial charge in [0, 0.05) is 56.9 Å². The Balaban J connectivity index is 1.76. The summed E-state index contributed by atoms with van der Waals surface area (Å²) in [7, 11) is -0.792. The Hall–Kier alpha value is -2.66. The molecule has 1 saturated carbocycles. The van der Waals surface area contributed by atoms with Crippen LogP contribution in [-0.2, 0) is 14.8 Å². The fraction of sp³-hybridized carbons (Fsp3) is 0.476. The Morgan fingerprint density at radius 2 is 1.97 bits per heavy atom. The van der Waals surface area contributed by atoms with Gasteiger partial charge in [-0.15, -0.1) is 0 Å². The van der Waals surface area contributed by atoms with Gasteiger partial charge in [0.2, 0.25) is 15.9 Å². The van der Waals surface area contributed by atoms with Crippen LogP contribution in [0.5, 0.6) is 0 Å². The lowest BCUT2D eigenvalue weighted by atomic mass is 9.93. The van der Waals surface area contributed by atoms with E-state index in [1.165, 1.54) is 20.3 Å². The van der Waals surface area contributed by atoms with Crippen LogP contribution >= 0.6 is 0 Å². The standard InChI is InChI=1S/C21H26F2N4O4S/c1-13-10-17(16-6-9-24-19(16)27(13)28)18-11-15(32(29,30)26(2)3)12-25-20(18)31-14-4-7-21(22,23)8-5-14/h6,9-10,12,14,25,28H,4-5,7-8,11H2,1-3H3. The highest BCUT2D eigenvalue weighted by Crippen LogP contribution is 2.40. The number of hydrogen-bond donors (Lipinski definition) is 2. The van der Waals surface area contributed by atoms with Gasteiger partial charge in [0.25, 0.3) is 0 Å². The third-order valence-electron chi connectivity index (χ3n) is 5.93. The first kappa shape index (κ1) is 22.5. The number of fused-ring (bicyclic) bond motifs is 1. The van der Waals surface area contributed by atoms with Crippen LogP contribution in [0.2, 0.25) is 0 Å². The second-order valence-electron chi connectivity index (χ2n) is 8.39. The van der Waals surface area contributed by atoms with Gasteiger partial charge in [-0.05, 0) is 37.5 Å². The highest BCUT2D eigenvalue weighted by molar-refractivity contribution is 7.93. The first-order valence-electron chi connectivity index (χ1n) is 10.3. The van der Waals surface area contributed by atoms with Gasteiger partial charge in [-0.25, -0.2) is 26.5 Å². The van der Waals surface area contributed by atoms with Crippen LogP contribution in [0, 0.1) is 6.92 Å². The summed E-state index contributed by atoms with van der Waals surface area (Å²) in [5.74, 6) is -2.02. The van der Waals surface area contributed by atoms with Gasteiger partial charge in [0.1, 0.15) is 6.10 Å². The molecule has 0 aromatic rings. The van der Waals surface area contributed by atoms with Crippen LogP contribution in [0.1, 0.15) is 43.4 Å². The number of sulfonamides is 1. The topological polar surface area (TPSA) is 96.7 Å². The summed E-state index contributed by atoms with van der Waals surface area (Å²) in [6, 6.07) is 3.45. The number of halogens is 2. The molecule has 0 saturated heterocycles. The quantitative estimate of drug-likeness (QED) is 0.652. The number of hydrogen-bond acceptors (Lipinski definition) is 6. The van der Waals surface area contributed by atoms with Gasteiger partial charge < -0.3 is 15.3 Å². The number of aromatic nitrogens is 2. The van der Waals surface area contributed by atoms with Crippen LogP contribution < -0.4 is 5.32 Å². The maximum atomic E-state index is 13.6. The number of dihydropyridines is 1. The van der Waals surface area contributed by atoms with Crippen molar-refractivity contribution in [3.8, 4) is 11.4 Å². The fourth-order valence-corrected chi connectivity index (χ4v) is 5.03. The summed E-state index contributed by atoms with van der Waals surface area (Å²) in [6.45, 7) is 1.70. The van der Waals surface area contributed by atoms with Crippen LogP contribution in [0.15, 0.2) is 35.3 Å². The largest absolute Gasteiger partial charge is 0.475 e. The summed E-state index contributed by atoms with van der Waals surface area (Å²) < 4.78 is 60.9. The van der Waals surface area contributed by atoms with Gasteiger partial charge in [0.05, 0.1) is 10.6 Å². The zero-order valence-corrected chi connectivity index (χ0v) is 18.9. The van der Waals surface area contributed by atoms with E-state index >= 15 is 0 Å². The Bertz CT molecular complexity index is 1160. The van der Waals surface area contributed by atoms with Gasteiger partial charge >= 0.3 is 0 Å². The number of rotatable bonds is 5. The van der Waals surface area contributed by atoms with Crippen molar-refractivity contribution < 1.29 is 27.1 Å². The van der Waals surface area contributed by atoms with Crippen molar-refractivity contribution in [2.24, 2.45) is 0 Å². The van der Waals surface area contributed by atoms with Crippen molar-refractivity contribution in [1.29, 1.82) is 0 Å². The molecule has 0 amide bonds. The molecule has 4 rings (SSSR count). The van der Waals surface area contributed by atoms with Crippen LogP contribution in [0.3, 0.4) is 0 Å². The van der Waals surface area contributed by atoms with E-state index in [1.807, 2.05) is 0 Å². The Morgan fingerprint density at radius 3 is 2.62 bits per heavy atom. The lowest BCUT2D eigenvalue weighted by Crippen LogP contribution is -2.32. The summed E-state index contributed by atoms with van der Waals surface area (Å²) in [4.78, 5) is 4.34. The predicted octanol–water partition coefficient (Wildman–Crippen LogP) is 3.52. The van der Waals surface area contributed by atoms with Crippen molar-refractivity contribution in [2.75, 3.05) is 14.1 Å². The smallest absolute Gasteiger partial charge is 0.248 e. The van der Waals surface area contributed by atoms with Gasteiger partial charge in [-0.2, -0.15) is 4.73 Å². The average molecular weight is 469 g/mol. The highest BCUT2D eigenvalue weighted by atomic mass is 32.2. The van der Waals surface area contributed by atoms with Crippen LogP contribution in [-0.4, -0.2) is 53.8 Å². The lowest BCUT2D eigenvalue weighted by Gasteiger charge is -2.32. The molecule has 3 heterocycles. The Labute approximate surface area is 185 Å². The summed E-state index contributed by atoms with van der Waals surface area (Å²) in [5.41, 5.74) is 2.34. The molecule has 3 aliphatic heterocycles. The Kier molecular flexibility index (Phi) is 5.66. The van der Waals surface area contributed by atoms with E-state index in [4.69, 9.17) is 4.74 Å². The number of aryl methyl sites for hydroxylation is 1. The van der Waals surface area contributed by atoms with Gasteiger partial charge in [-0.1, -0.05) is 0 Å². The van der Waals surface area contributed by atoms with E-state index < -0.39 is 22.0 Å². The van der Waals surface area contributed by atoms with E-state index in [2.05, 4.69) is 10.3 Å². The predicted molar refractivity (Wildman–Crippen MR) is 114 cm³/mol. The molecule has 0 aromatic heterocycles. The maximum absolute atomic E-state index is 13.6. The molecule has 2 N–H and O–H groups in total. The minimum atomic E-state index is -3.70. The van der Waals surface area contributed by atoms with Crippen molar-refractivity contribution >= 4 is 15.6 Å². The summed E-state index contributed by atoms with van der Waals surface area (Å²) in [5, 5.41) is 13.3. The minimum Gasteiger partial charge on any atom is -0.475 e. The van der Waals surface area contributed by atoms with E-state index in [-0.39, 0.29) is 37.0 Å². The molecule has 0 bridgehead atoms. The number of alkyl halides is 2. The molecule has 0 aromatic carbocycles. The minimum absolute atomic E-state index is 0.0425. The second-order valence-corrected chi connectivity index (χ2v) is 10.6. The van der Waals surface area contributed by atoms with Crippen molar-refractivity contribution in [1.82, 2.24) is 19.3 Å². The third-order valence-corrected chi connectivity index (χ3v) is 7.82. The molecule has 1 fully saturated rings. The molecule has 8 nitrogen and oxygen atoms in total. The lowest BCUT2D eigenvalue weighted by molar-refractivity contribution is -0.0701. The molecule has 0 atom stereocenters. The third kappa shape index (κ3) is 4.06. The number of ether oxygens (including phenoxy) is 1. The van der Waals surface area contributed by atoms with E-state index in [0.717, 1.165) is 9.04 Å². The molecule has 11 heteroatoms. The van der Waals surface area contributed by atoms with Gasteiger partial charge in [0.15, 0.2) is 11.7 Å². The highest BCUT2D eigenvalue weighted by Gasteiger charge is 2.37. The van der Waals surface area contributed by atoms with E-state index in [0.29, 0.717) is 34.1 Å². The van der Waals surface area contributed by atoms with Crippen molar-refractivity contribution in [2.45, 2.75) is 51.1 Å². The first-order chi connectivity index (χ1) is 15.0. The number of pyridine rings is 1. The Morgan fingerprint density at radius 1 is 1.28 bits per heavy atom. The van der Waals surface area contributed by atoms with Crippen molar-refractivity contribution in [3.05, 3.63) is 46.6 Å². The molecular formula is C21H26F2N4O4S. The normalized spacial score (nSPS) is 19.9. The molecule has 174 valence electrons. The van der Waals surface area contributed by atoms with Gasteiger partial charge in [-0.3, -0.25) is 0 Å². The first-order valence-corrected chi connectivity index (χ1v) is 11.8. The number of allylic oxidation sites excluding steroid dienone is 2. The number of nitrogens with zero attached hydrogens (tertiary/aromatic N) is 3. The zero-order valence-electron chi connectivity index (χ0n) is 18.1. The maximum Gasteiger partial charge on any atom is 0.248 e. The molecular weight excluding hydrogens is 442 g/mol. The van der Waals surface area contributed by atoms with E-state index in [9.17, 15) is 22.4 Å². The molecule has 0 spiro atoms. The molecule has 0 unspecified atom stereocenters. The average Bonchev–Trinajstić information content (AvgIpc) is 3.22. The summed E-state index contributed by atoms with van der Waals surface area (Å²) >= 11 is 0. The number of nitrogens with one attached hydrogen (secondary N) is 1. The van der Waals surface area contributed by atoms with Crippen molar-refractivity contribution in [3.63, 3.8) is 0 Å². The summed E-state index contributed by atoms with van der Waals surface area (Å²) in [6.07, 6.45) is 2.48. The second kappa shape index (κ2) is 8.04. The molecule has 1 aliphatic carbocycles. The van der Waals surface area contributed by atoms with Crippen LogP contribution in [0.4, 0.5) is 8.78 Å². The fourth-order valence-electron chi connectivity index (χ4n) is 4.03. The molecule has 32 heavy (non-hydrogen) atoms. The monoisotopic (exact) mass is 468 g/mol. The molecule has 4 aliphatic rings.